The van der Waals surface area contributed by atoms with Crippen LogP contribution in [0.2, 0.25) is 0 Å². The number of carbonyl (C=O) groups is 2. The molecule has 3 amide bonds. The Morgan fingerprint density at radius 3 is 2.56 bits per heavy atom. The molecule has 2 atom stereocenters. The van der Waals surface area contributed by atoms with Crippen molar-refractivity contribution in [1.29, 1.82) is 0 Å². The van der Waals surface area contributed by atoms with Gasteiger partial charge < -0.3 is 10.0 Å². The SMILES string of the molecule is CCN(CC)C(=O)[C@]1(O)[C@@H]2C=CC=CC2=NC(=O)N1c1ccccc1. The van der Waals surface area contributed by atoms with Crippen LogP contribution in [-0.4, -0.2) is 46.5 Å². The molecule has 0 aromatic heterocycles. The van der Waals surface area contributed by atoms with Crippen LogP contribution in [0.3, 0.4) is 0 Å². The van der Waals surface area contributed by atoms with Gasteiger partial charge in [-0.25, -0.2) is 4.79 Å². The molecule has 1 heterocycles. The van der Waals surface area contributed by atoms with Gasteiger partial charge in [0.15, 0.2) is 0 Å². The van der Waals surface area contributed by atoms with E-state index in [1.54, 1.807) is 54.6 Å². The van der Waals surface area contributed by atoms with Crippen LogP contribution in [0, 0.1) is 5.92 Å². The number of rotatable bonds is 4. The molecule has 130 valence electrons. The Kier molecular flexibility index (Phi) is 4.55. The number of aliphatic imine (C=N–C) groups is 1. The predicted octanol–water partition coefficient (Wildman–Crippen LogP) is 2.37. The van der Waals surface area contributed by atoms with E-state index in [0.29, 0.717) is 24.5 Å². The van der Waals surface area contributed by atoms with Crippen molar-refractivity contribution in [3.63, 3.8) is 0 Å². The smallest absolute Gasteiger partial charge is 0.351 e. The van der Waals surface area contributed by atoms with Crippen LogP contribution in [0.25, 0.3) is 0 Å². The Morgan fingerprint density at radius 1 is 1.24 bits per heavy atom. The molecule has 0 bridgehead atoms. The molecule has 0 saturated heterocycles. The molecule has 6 heteroatoms. The topological polar surface area (TPSA) is 73.2 Å². The third-order valence-corrected chi connectivity index (χ3v) is 4.57. The Bertz CT molecular complexity index is 765. The highest BCUT2D eigenvalue weighted by Gasteiger charge is 2.56. The van der Waals surface area contributed by atoms with Gasteiger partial charge in [0.1, 0.15) is 0 Å². The molecule has 0 spiro atoms. The molecule has 0 fully saturated rings. The first-order valence-corrected chi connectivity index (χ1v) is 8.38. The van der Waals surface area contributed by atoms with Crippen LogP contribution in [0.15, 0.2) is 59.6 Å². The summed E-state index contributed by atoms with van der Waals surface area (Å²) in [6.07, 6.45) is 6.86. The quantitative estimate of drug-likeness (QED) is 0.915. The van der Waals surface area contributed by atoms with Gasteiger partial charge in [-0.2, -0.15) is 4.99 Å². The lowest BCUT2D eigenvalue weighted by molar-refractivity contribution is -0.152. The summed E-state index contributed by atoms with van der Waals surface area (Å²) in [5, 5.41) is 11.6. The van der Waals surface area contributed by atoms with Gasteiger partial charge >= 0.3 is 6.03 Å². The molecule has 25 heavy (non-hydrogen) atoms. The number of nitrogens with zero attached hydrogens (tertiary/aromatic N) is 3. The second-order valence-corrected chi connectivity index (χ2v) is 5.92. The fourth-order valence-corrected chi connectivity index (χ4v) is 3.28. The van der Waals surface area contributed by atoms with E-state index < -0.39 is 23.6 Å². The molecule has 1 aliphatic carbocycles. The van der Waals surface area contributed by atoms with Gasteiger partial charge in [0, 0.05) is 18.8 Å². The first kappa shape index (κ1) is 17.1. The largest absolute Gasteiger partial charge is 0.362 e. The summed E-state index contributed by atoms with van der Waals surface area (Å²) in [5.74, 6) is -1.23. The van der Waals surface area contributed by atoms with Gasteiger partial charge in [-0.3, -0.25) is 9.69 Å². The predicted molar refractivity (Wildman–Crippen MR) is 96.4 cm³/mol. The van der Waals surface area contributed by atoms with Crippen molar-refractivity contribution >= 4 is 23.3 Å². The van der Waals surface area contributed by atoms with Gasteiger partial charge in [0.05, 0.1) is 11.6 Å². The Balaban J connectivity index is 2.19. The van der Waals surface area contributed by atoms with Gasteiger partial charge in [0.25, 0.3) is 5.91 Å². The van der Waals surface area contributed by atoms with Crippen molar-refractivity contribution in [3.8, 4) is 0 Å². The zero-order chi connectivity index (χ0) is 18.0. The fourth-order valence-electron chi connectivity index (χ4n) is 3.28. The summed E-state index contributed by atoms with van der Waals surface area (Å²) < 4.78 is 0. The van der Waals surface area contributed by atoms with Crippen molar-refractivity contribution in [2.75, 3.05) is 18.0 Å². The summed E-state index contributed by atoms with van der Waals surface area (Å²) in [5.41, 5.74) is -1.23. The number of fused-ring (bicyclic) bond motifs is 1. The van der Waals surface area contributed by atoms with Gasteiger partial charge in [-0.15, -0.1) is 0 Å². The van der Waals surface area contributed by atoms with Crippen molar-refractivity contribution in [3.05, 3.63) is 54.6 Å². The lowest BCUT2D eigenvalue weighted by atomic mass is 9.83. The monoisotopic (exact) mass is 339 g/mol. The maximum Gasteiger partial charge on any atom is 0.351 e. The zero-order valence-electron chi connectivity index (χ0n) is 14.3. The maximum absolute atomic E-state index is 13.2. The summed E-state index contributed by atoms with van der Waals surface area (Å²) in [4.78, 5) is 32.7. The van der Waals surface area contributed by atoms with Crippen LogP contribution in [0.4, 0.5) is 10.5 Å². The number of hydrogen-bond acceptors (Lipinski definition) is 3. The van der Waals surface area contributed by atoms with Gasteiger partial charge in [-0.1, -0.05) is 36.4 Å². The highest BCUT2D eigenvalue weighted by Crippen LogP contribution is 2.37. The molecular weight excluding hydrogens is 318 g/mol. The molecule has 0 radical (unpaired) electrons. The number of likely N-dealkylation sites (N-methyl/N-ethyl adjacent to an activating group) is 1. The second-order valence-electron chi connectivity index (χ2n) is 5.92. The van der Waals surface area contributed by atoms with Crippen molar-refractivity contribution in [2.24, 2.45) is 10.9 Å². The number of para-hydroxylation sites is 1. The zero-order valence-corrected chi connectivity index (χ0v) is 14.3. The summed E-state index contributed by atoms with van der Waals surface area (Å²) in [6, 6.07) is 8.02. The van der Waals surface area contributed by atoms with Crippen molar-refractivity contribution in [2.45, 2.75) is 19.6 Å². The number of urea groups is 1. The minimum atomic E-state index is -2.05. The molecule has 1 aliphatic heterocycles. The first-order chi connectivity index (χ1) is 12.0. The van der Waals surface area contributed by atoms with E-state index in [4.69, 9.17) is 0 Å². The van der Waals surface area contributed by atoms with E-state index >= 15 is 0 Å². The summed E-state index contributed by atoms with van der Waals surface area (Å²) in [6.45, 7) is 4.56. The van der Waals surface area contributed by atoms with E-state index in [1.807, 2.05) is 13.8 Å². The number of hydrogen-bond donors (Lipinski definition) is 1. The Morgan fingerprint density at radius 2 is 1.92 bits per heavy atom. The second kappa shape index (κ2) is 6.64. The van der Waals surface area contributed by atoms with Gasteiger partial charge in [-0.05, 0) is 32.1 Å². The normalized spacial score (nSPS) is 24.8. The number of aliphatic hydroxyl groups is 1. The highest BCUT2D eigenvalue weighted by molar-refractivity contribution is 6.17. The fraction of sp³-hybridized carbons (Fsp3) is 0.316. The van der Waals surface area contributed by atoms with Crippen LogP contribution in [0.1, 0.15) is 13.8 Å². The molecule has 3 rings (SSSR count). The Hall–Kier alpha value is -2.73. The van der Waals surface area contributed by atoms with Crippen LogP contribution >= 0.6 is 0 Å². The maximum atomic E-state index is 13.2. The minimum absolute atomic E-state index is 0.391. The number of carbonyl (C=O) groups excluding carboxylic acids is 2. The molecule has 1 aromatic carbocycles. The van der Waals surface area contributed by atoms with Crippen molar-refractivity contribution in [1.82, 2.24) is 4.90 Å². The van der Waals surface area contributed by atoms with Crippen LogP contribution < -0.4 is 4.90 Å². The standard InChI is InChI=1S/C19H21N3O3/c1-3-21(4-2)17(23)19(25)15-12-8-9-13-16(15)20-18(24)22(19)14-10-6-5-7-11-14/h5-13,15,25H,3-4H2,1-2H3/t15-,19-/m1/s1. The molecule has 1 aromatic rings. The third-order valence-electron chi connectivity index (χ3n) is 4.57. The number of anilines is 1. The van der Waals surface area contributed by atoms with Crippen molar-refractivity contribution < 1.29 is 14.7 Å². The number of allylic oxidation sites excluding steroid dienone is 3. The molecular formula is C19H21N3O3. The first-order valence-electron chi connectivity index (χ1n) is 8.38. The molecule has 1 N–H and O–H groups in total. The van der Waals surface area contributed by atoms with E-state index in [9.17, 15) is 14.7 Å². The van der Waals surface area contributed by atoms with E-state index in [-0.39, 0.29) is 0 Å². The van der Waals surface area contributed by atoms with E-state index in [1.165, 1.54) is 4.90 Å². The molecule has 0 unspecified atom stereocenters. The number of amides is 3. The highest BCUT2D eigenvalue weighted by atomic mass is 16.3. The number of benzene rings is 1. The average Bonchev–Trinajstić information content (AvgIpc) is 2.63. The average molecular weight is 339 g/mol. The van der Waals surface area contributed by atoms with Crippen LogP contribution in [0.5, 0.6) is 0 Å². The Labute approximate surface area is 146 Å². The molecule has 2 aliphatic rings. The van der Waals surface area contributed by atoms with E-state index in [0.717, 1.165) is 4.90 Å². The minimum Gasteiger partial charge on any atom is -0.362 e. The lowest BCUT2D eigenvalue weighted by Gasteiger charge is -2.46. The summed E-state index contributed by atoms with van der Waals surface area (Å²) >= 11 is 0. The third kappa shape index (κ3) is 2.68. The lowest BCUT2D eigenvalue weighted by Crippen LogP contribution is -2.68. The summed E-state index contributed by atoms with van der Waals surface area (Å²) in [7, 11) is 0. The van der Waals surface area contributed by atoms with E-state index in [2.05, 4.69) is 4.99 Å². The van der Waals surface area contributed by atoms with Gasteiger partial charge in [0.2, 0.25) is 5.72 Å². The molecule has 6 nitrogen and oxygen atoms in total. The molecule has 0 saturated carbocycles. The van der Waals surface area contributed by atoms with Crippen LogP contribution in [-0.2, 0) is 4.79 Å².